The van der Waals surface area contributed by atoms with Gasteiger partial charge in [-0.05, 0) is 17.5 Å². The minimum Gasteiger partial charge on any atom is -0.384 e. The van der Waals surface area contributed by atoms with E-state index in [0.29, 0.717) is 6.54 Å². The summed E-state index contributed by atoms with van der Waals surface area (Å²) in [5.74, 6) is 5.36. The van der Waals surface area contributed by atoms with Crippen molar-refractivity contribution in [2.24, 2.45) is 0 Å². The summed E-state index contributed by atoms with van der Waals surface area (Å²) in [5.41, 5.74) is 0.846. The van der Waals surface area contributed by atoms with Gasteiger partial charge in [0.1, 0.15) is 13.2 Å². The molecule has 0 aliphatic rings. The Bertz CT molecular complexity index is 593. The van der Waals surface area contributed by atoms with Gasteiger partial charge < -0.3 is 10.4 Å². The number of aliphatic hydroxyl groups is 1. The summed E-state index contributed by atoms with van der Waals surface area (Å²) in [6, 6.07) is 3.65. The Hall–Kier alpha value is -2.10. The Morgan fingerprint density at radius 2 is 2.47 bits per heavy atom. The molecular weight excluding hydrogens is 262 g/mol. The lowest BCUT2D eigenvalue weighted by atomic mass is 10.2. The fourth-order valence-corrected chi connectivity index (χ4v) is 2.27. The van der Waals surface area contributed by atoms with Crippen molar-refractivity contribution >= 4 is 17.2 Å². The Labute approximate surface area is 114 Å². The summed E-state index contributed by atoms with van der Waals surface area (Å²) < 4.78 is 1.57. The summed E-state index contributed by atoms with van der Waals surface area (Å²) in [6.45, 7) is 0.476. The predicted octanol–water partition coefficient (Wildman–Crippen LogP) is 0.605. The quantitative estimate of drug-likeness (QED) is 0.803. The van der Waals surface area contributed by atoms with Crippen LogP contribution in [-0.4, -0.2) is 27.4 Å². The largest absolute Gasteiger partial charge is 0.384 e. The third-order valence-electron chi connectivity index (χ3n) is 2.36. The molecule has 1 amide bonds. The number of thiophene rings is 1. The van der Waals surface area contributed by atoms with Gasteiger partial charge in [0.25, 0.3) is 0 Å². The van der Waals surface area contributed by atoms with Crippen molar-refractivity contribution in [3.05, 3.63) is 40.3 Å². The van der Waals surface area contributed by atoms with E-state index in [9.17, 15) is 4.79 Å². The molecule has 0 fully saturated rings. The van der Waals surface area contributed by atoms with Crippen molar-refractivity contribution in [2.75, 3.05) is 6.61 Å². The van der Waals surface area contributed by atoms with Gasteiger partial charge in [-0.15, -0.1) is 11.3 Å². The van der Waals surface area contributed by atoms with E-state index in [4.69, 9.17) is 5.11 Å². The molecule has 0 unspecified atom stereocenters. The number of amides is 1. The molecule has 98 valence electrons. The molecule has 0 aromatic carbocycles. The maximum absolute atomic E-state index is 11.7. The lowest BCUT2D eigenvalue weighted by Crippen LogP contribution is -2.27. The van der Waals surface area contributed by atoms with Gasteiger partial charge in [-0.25, -0.2) is 0 Å². The van der Waals surface area contributed by atoms with Gasteiger partial charge in [-0.1, -0.05) is 11.8 Å². The molecule has 0 radical (unpaired) electrons. The second kappa shape index (κ2) is 6.73. The summed E-state index contributed by atoms with van der Waals surface area (Å²) in [5, 5.41) is 17.4. The van der Waals surface area contributed by atoms with Gasteiger partial charge in [0, 0.05) is 22.8 Å². The van der Waals surface area contributed by atoms with E-state index in [1.807, 2.05) is 11.4 Å². The highest BCUT2D eigenvalue weighted by Crippen LogP contribution is 2.15. The molecule has 0 aliphatic carbocycles. The summed E-state index contributed by atoms with van der Waals surface area (Å²) in [6.07, 6.45) is 3.37. The van der Waals surface area contributed by atoms with Crippen LogP contribution in [0.5, 0.6) is 0 Å². The van der Waals surface area contributed by atoms with E-state index in [1.165, 1.54) is 11.3 Å². The molecule has 0 spiro atoms. The van der Waals surface area contributed by atoms with E-state index in [1.54, 1.807) is 23.1 Å². The fraction of sp³-hybridized carbons (Fsp3) is 0.231. The van der Waals surface area contributed by atoms with E-state index in [0.717, 1.165) is 10.4 Å². The number of aromatic nitrogens is 2. The molecule has 0 saturated carbocycles. The van der Waals surface area contributed by atoms with Crippen LogP contribution in [0.15, 0.2) is 29.9 Å². The molecule has 0 saturated heterocycles. The molecule has 2 rings (SSSR count). The third-order valence-corrected chi connectivity index (χ3v) is 3.28. The first-order valence-electron chi connectivity index (χ1n) is 5.70. The zero-order valence-corrected chi connectivity index (χ0v) is 11.0. The molecule has 2 aromatic heterocycles. The Morgan fingerprint density at radius 3 is 3.21 bits per heavy atom. The first kappa shape index (κ1) is 13.3. The molecular formula is C13H13N3O2S. The van der Waals surface area contributed by atoms with Crippen molar-refractivity contribution in [1.29, 1.82) is 0 Å². The molecule has 0 atom stereocenters. The molecule has 0 aliphatic heterocycles. The van der Waals surface area contributed by atoms with Crippen molar-refractivity contribution < 1.29 is 9.90 Å². The highest BCUT2D eigenvalue weighted by atomic mass is 32.1. The zero-order valence-electron chi connectivity index (χ0n) is 10.2. The number of rotatable bonds is 4. The summed E-state index contributed by atoms with van der Waals surface area (Å²) in [4.78, 5) is 12.7. The van der Waals surface area contributed by atoms with Crippen LogP contribution >= 0.6 is 11.3 Å². The van der Waals surface area contributed by atoms with Crippen LogP contribution in [0, 0.1) is 11.8 Å². The second-order valence-corrected chi connectivity index (χ2v) is 4.70. The Balaban J connectivity index is 1.88. The van der Waals surface area contributed by atoms with Crippen LogP contribution in [0.2, 0.25) is 0 Å². The average molecular weight is 275 g/mol. The van der Waals surface area contributed by atoms with Crippen LogP contribution < -0.4 is 5.32 Å². The van der Waals surface area contributed by atoms with Crippen molar-refractivity contribution in [2.45, 2.75) is 13.1 Å². The first-order valence-corrected chi connectivity index (χ1v) is 6.58. The van der Waals surface area contributed by atoms with Crippen molar-refractivity contribution in [3.63, 3.8) is 0 Å². The number of aliphatic hydroxyl groups excluding tert-OH is 1. The zero-order chi connectivity index (χ0) is 13.5. The monoisotopic (exact) mass is 275 g/mol. The number of hydrogen-bond acceptors (Lipinski definition) is 4. The number of nitrogens with one attached hydrogen (secondary N) is 1. The minimum atomic E-state index is -0.166. The van der Waals surface area contributed by atoms with E-state index < -0.39 is 0 Å². The molecule has 0 bridgehead atoms. The van der Waals surface area contributed by atoms with Gasteiger partial charge in [0.2, 0.25) is 5.91 Å². The van der Waals surface area contributed by atoms with Crippen LogP contribution in [-0.2, 0) is 17.9 Å². The maximum Gasteiger partial charge on any atom is 0.242 e. The van der Waals surface area contributed by atoms with E-state index in [-0.39, 0.29) is 19.1 Å². The normalized spacial score (nSPS) is 9.74. The maximum atomic E-state index is 11.7. The number of nitrogens with zero attached hydrogens (tertiary/aromatic N) is 2. The van der Waals surface area contributed by atoms with Crippen LogP contribution in [0.3, 0.4) is 0 Å². The summed E-state index contributed by atoms with van der Waals surface area (Å²) >= 11 is 1.53. The van der Waals surface area contributed by atoms with E-state index in [2.05, 4.69) is 22.3 Å². The molecule has 6 heteroatoms. The SMILES string of the molecule is O=C(Cn1cccn1)NCc1sccc1C#CCO. The predicted molar refractivity (Wildman–Crippen MR) is 72.4 cm³/mol. The number of carbonyl (C=O) groups is 1. The Kier molecular flexibility index (Phi) is 4.72. The van der Waals surface area contributed by atoms with Crippen LogP contribution in [0.1, 0.15) is 10.4 Å². The molecule has 2 N–H and O–H groups in total. The molecule has 5 nitrogen and oxygen atoms in total. The minimum absolute atomic E-state index is 0.0989. The lowest BCUT2D eigenvalue weighted by Gasteiger charge is -2.04. The smallest absolute Gasteiger partial charge is 0.242 e. The third kappa shape index (κ3) is 3.95. The lowest BCUT2D eigenvalue weighted by molar-refractivity contribution is -0.122. The van der Waals surface area contributed by atoms with Gasteiger partial charge in [0.15, 0.2) is 0 Å². The number of hydrogen-bond donors (Lipinski definition) is 2. The van der Waals surface area contributed by atoms with Gasteiger partial charge >= 0.3 is 0 Å². The average Bonchev–Trinajstić information content (AvgIpc) is 3.05. The first-order chi connectivity index (χ1) is 9.29. The second-order valence-electron chi connectivity index (χ2n) is 3.70. The molecule has 2 aromatic rings. The van der Waals surface area contributed by atoms with Gasteiger partial charge in [-0.3, -0.25) is 9.48 Å². The number of carbonyl (C=O) groups excluding carboxylic acids is 1. The Morgan fingerprint density at radius 1 is 1.58 bits per heavy atom. The fourth-order valence-electron chi connectivity index (χ4n) is 1.50. The van der Waals surface area contributed by atoms with Crippen molar-refractivity contribution in [3.8, 4) is 11.8 Å². The molecule has 19 heavy (non-hydrogen) atoms. The topological polar surface area (TPSA) is 67.2 Å². The van der Waals surface area contributed by atoms with Gasteiger partial charge in [-0.2, -0.15) is 5.10 Å². The highest BCUT2D eigenvalue weighted by Gasteiger charge is 2.06. The van der Waals surface area contributed by atoms with Crippen molar-refractivity contribution in [1.82, 2.24) is 15.1 Å². The molecule has 2 heterocycles. The standard InChI is InChI=1S/C13H13N3O2S/c17-7-1-3-11-4-8-19-12(11)9-14-13(18)10-16-6-2-5-15-16/h2,4-6,8,17H,7,9-10H2,(H,14,18). The summed E-state index contributed by atoms with van der Waals surface area (Å²) in [7, 11) is 0. The van der Waals surface area contributed by atoms with E-state index >= 15 is 0 Å². The van der Waals surface area contributed by atoms with Gasteiger partial charge in [0.05, 0.1) is 6.54 Å². The van der Waals surface area contributed by atoms with Crippen LogP contribution in [0.4, 0.5) is 0 Å². The van der Waals surface area contributed by atoms with Crippen LogP contribution in [0.25, 0.3) is 0 Å². The highest BCUT2D eigenvalue weighted by molar-refractivity contribution is 7.10.